The second-order valence-electron chi connectivity index (χ2n) is 11.4. The lowest BCUT2D eigenvalue weighted by atomic mass is 9.97. The molecule has 0 atom stereocenters. The van der Waals surface area contributed by atoms with Crippen molar-refractivity contribution >= 4 is 43.6 Å². The van der Waals surface area contributed by atoms with Crippen molar-refractivity contribution in [3.63, 3.8) is 0 Å². The molecule has 3 heteroatoms. The summed E-state index contributed by atoms with van der Waals surface area (Å²) in [5.74, 6) is 0.707. The van der Waals surface area contributed by atoms with Gasteiger partial charge in [-0.2, -0.15) is 0 Å². The van der Waals surface area contributed by atoms with E-state index in [1.54, 1.807) is 0 Å². The summed E-state index contributed by atoms with van der Waals surface area (Å²) in [6.45, 7) is 0. The Balaban J connectivity index is 1.14. The molecule has 7 aromatic carbocycles. The van der Waals surface area contributed by atoms with Crippen LogP contribution < -0.4 is 0 Å². The molecule has 0 saturated carbocycles. The van der Waals surface area contributed by atoms with E-state index >= 15 is 0 Å². The number of fused-ring (bicyclic) bond motifs is 5. The molecular weight excluding hydrogens is 548 g/mol. The molecule has 3 nitrogen and oxygen atoms in total. The van der Waals surface area contributed by atoms with E-state index in [-0.39, 0.29) is 0 Å². The van der Waals surface area contributed by atoms with E-state index in [2.05, 4.69) is 133 Å². The average Bonchev–Trinajstić information content (AvgIpc) is 3.50. The third-order valence-corrected chi connectivity index (χ3v) is 8.68. The number of benzene rings is 7. The van der Waals surface area contributed by atoms with Crippen LogP contribution in [-0.4, -0.2) is 9.97 Å². The Labute approximate surface area is 260 Å². The highest BCUT2D eigenvalue weighted by Gasteiger charge is 2.15. The lowest BCUT2D eigenvalue weighted by Crippen LogP contribution is -1.95. The normalized spacial score (nSPS) is 11.6. The number of para-hydroxylation sites is 2. The lowest BCUT2D eigenvalue weighted by Gasteiger charge is -2.12. The molecule has 45 heavy (non-hydrogen) atoms. The molecule has 0 amide bonds. The van der Waals surface area contributed by atoms with Gasteiger partial charge in [-0.05, 0) is 63.4 Å². The average molecular weight is 575 g/mol. The Morgan fingerprint density at radius 1 is 0.400 bits per heavy atom. The number of furan rings is 1. The van der Waals surface area contributed by atoms with E-state index in [1.165, 1.54) is 16.3 Å². The van der Waals surface area contributed by atoms with Gasteiger partial charge in [-0.25, -0.2) is 9.97 Å². The second-order valence-corrected chi connectivity index (χ2v) is 11.4. The summed E-state index contributed by atoms with van der Waals surface area (Å²) in [5, 5.41) is 5.77. The zero-order chi connectivity index (χ0) is 29.7. The minimum Gasteiger partial charge on any atom is -0.456 e. The summed E-state index contributed by atoms with van der Waals surface area (Å²) in [6, 6.07) is 55.1. The number of nitrogens with zero attached hydrogens (tertiary/aromatic N) is 2. The number of aromatic nitrogens is 2. The van der Waals surface area contributed by atoms with Gasteiger partial charge in [-0.3, -0.25) is 0 Å². The van der Waals surface area contributed by atoms with E-state index in [0.29, 0.717) is 5.82 Å². The van der Waals surface area contributed by atoms with Crippen LogP contribution in [0.2, 0.25) is 0 Å². The minimum atomic E-state index is 0.707. The predicted octanol–water partition coefficient (Wildman–Crippen LogP) is 11.4. The third kappa shape index (κ3) is 4.37. The Hall–Kier alpha value is -6.06. The van der Waals surface area contributed by atoms with Crippen molar-refractivity contribution in [3.05, 3.63) is 158 Å². The molecule has 0 saturated heterocycles. The van der Waals surface area contributed by atoms with Crippen molar-refractivity contribution in [3.8, 4) is 44.9 Å². The van der Waals surface area contributed by atoms with E-state index in [4.69, 9.17) is 14.4 Å². The topological polar surface area (TPSA) is 38.9 Å². The predicted molar refractivity (Wildman–Crippen MR) is 186 cm³/mol. The van der Waals surface area contributed by atoms with Gasteiger partial charge < -0.3 is 4.42 Å². The summed E-state index contributed by atoms with van der Waals surface area (Å²) < 4.78 is 6.14. The molecule has 0 radical (unpaired) electrons. The number of rotatable bonds is 4. The molecule has 0 aliphatic rings. The maximum atomic E-state index is 6.14. The molecule has 0 aliphatic heterocycles. The maximum Gasteiger partial charge on any atom is 0.160 e. The molecule has 0 aliphatic carbocycles. The van der Waals surface area contributed by atoms with Gasteiger partial charge in [0.1, 0.15) is 11.2 Å². The highest BCUT2D eigenvalue weighted by molar-refractivity contribution is 6.12. The van der Waals surface area contributed by atoms with E-state index in [0.717, 1.165) is 66.4 Å². The zero-order valence-electron chi connectivity index (χ0n) is 24.3. The monoisotopic (exact) mass is 574 g/mol. The molecule has 9 aromatic rings. The summed E-state index contributed by atoms with van der Waals surface area (Å²) in [7, 11) is 0. The van der Waals surface area contributed by atoms with Crippen LogP contribution in [0.25, 0.3) is 88.5 Å². The highest BCUT2D eigenvalue weighted by Crippen LogP contribution is 2.38. The molecule has 0 fully saturated rings. The van der Waals surface area contributed by atoms with Crippen molar-refractivity contribution < 1.29 is 4.42 Å². The van der Waals surface area contributed by atoms with Crippen LogP contribution in [-0.2, 0) is 0 Å². The lowest BCUT2D eigenvalue weighted by molar-refractivity contribution is 0.669. The Kier molecular flexibility index (Phi) is 5.82. The summed E-state index contributed by atoms with van der Waals surface area (Å²) in [5.41, 5.74) is 10.3. The summed E-state index contributed by atoms with van der Waals surface area (Å²) >= 11 is 0. The minimum absolute atomic E-state index is 0.707. The van der Waals surface area contributed by atoms with Crippen molar-refractivity contribution in [2.24, 2.45) is 0 Å². The molecule has 0 unspecified atom stereocenters. The molecule has 0 bridgehead atoms. The van der Waals surface area contributed by atoms with Gasteiger partial charge >= 0.3 is 0 Å². The van der Waals surface area contributed by atoms with E-state index in [9.17, 15) is 0 Å². The van der Waals surface area contributed by atoms with Crippen molar-refractivity contribution in [2.45, 2.75) is 0 Å². The fraction of sp³-hybridized carbons (Fsp3) is 0. The number of hydrogen-bond acceptors (Lipinski definition) is 3. The summed E-state index contributed by atoms with van der Waals surface area (Å²) in [4.78, 5) is 10.2. The van der Waals surface area contributed by atoms with Gasteiger partial charge in [0.15, 0.2) is 5.82 Å². The van der Waals surface area contributed by atoms with Crippen LogP contribution in [0.15, 0.2) is 162 Å². The first-order chi connectivity index (χ1) is 22.3. The van der Waals surface area contributed by atoms with Crippen LogP contribution in [0.1, 0.15) is 0 Å². The molecular formula is C42H26N2O. The molecule has 210 valence electrons. The van der Waals surface area contributed by atoms with Crippen LogP contribution in [0, 0.1) is 0 Å². The largest absolute Gasteiger partial charge is 0.456 e. The highest BCUT2D eigenvalue weighted by atomic mass is 16.3. The van der Waals surface area contributed by atoms with E-state index < -0.39 is 0 Å². The number of hydrogen-bond donors (Lipinski definition) is 0. The molecule has 0 spiro atoms. The van der Waals surface area contributed by atoms with Gasteiger partial charge in [0.25, 0.3) is 0 Å². The second kappa shape index (κ2) is 10.3. The van der Waals surface area contributed by atoms with Crippen LogP contribution in [0.4, 0.5) is 0 Å². The van der Waals surface area contributed by atoms with Crippen LogP contribution in [0.3, 0.4) is 0 Å². The molecule has 2 heterocycles. The molecule has 9 rings (SSSR count). The first-order valence-corrected chi connectivity index (χ1v) is 15.2. The third-order valence-electron chi connectivity index (χ3n) is 8.68. The quantitative estimate of drug-likeness (QED) is 0.210. The Morgan fingerprint density at radius 3 is 1.98 bits per heavy atom. The fourth-order valence-corrected chi connectivity index (χ4v) is 6.45. The summed E-state index contributed by atoms with van der Waals surface area (Å²) in [6.07, 6.45) is 0. The SMILES string of the molecule is c1cc(-c2ccc3ccccc3c2)cc(-c2nc(-c3ccc(-c4cccc5oc6ccccc6c45)cc3)nc3ccccc23)c1. The van der Waals surface area contributed by atoms with Crippen molar-refractivity contribution in [2.75, 3.05) is 0 Å². The van der Waals surface area contributed by atoms with Crippen LogP contribution in [0.5, 0.6) is 0 Å². The van der Waals surface area contributed by atoms with Crippen LogP contribution >= 0.6 is 0 Å². The maximum absolute atomic E-state index is 6.14. The van der Waals surface area contributed by atoms with Gasteiger partial charge in [-0.15, -0.1) is 0 Å². The molecule has 2 aromatic heterocycles. The van der Waals surface area contributed by atoms with E-state index in [1.807, 2.05) is 24.3 Å². The van der Waals surface area contributed by atoms with Crippen molar-refractivity contribution in [1.29, 1.82) is 0 Å². The van der Waals surface area contributed by atoms with Gasteiger partial charge in [0.05, 0.1) is 11.2 Å². The van der Waals surface area contributed by atoms with Gasteiger partial charge in [0, 0.05) is 27.3 Å². The first kappa shape index (κ1) is 25.4. The first-order valence-electron chi connectivity index (χ1n) is 15.2. The van der Waals surface area contributed by atoms with Gasteiger partial charge in [0.2, 0.25) is 0 Å². The Bertz CT molecular complexity index is 2540. The van der Waals surface area contributed by atoms with Gasteiger partial charge in [-0.1, -0.05) is 127 Å². The molecule has 0 N–H and O–H groups in total. The Morgan fingerprint density at radius 2 is 1.07 bits per heavy atom. The smallest absolute Gasteiger partial charge is 0.160 e. The standard InChI is InChI=1S/C42H26N2O/c1-2-10-30-25-32(24-19-27(30)9-1)31-11-7-12-33(26-31)41-35-13-3-5-16-37(35)43-42(44-41)29-22-20-28(21-23-29)34-15-8-18-39-40(34)36-14-4-6-17-38(36)45-39/h1-26H. The van der Waals surface area contributed by atoms with Crippen molar-refractivity contribution in [1.82, 2.24) is 9.97 Å². The zero-order valence-corrected chi connectivity index (χ0v) is 24.3. The fourth-order valence-electron chi connectivity index (χ4n) is 6.45.